The molecule has 0 radical (unpaired) electrons. The van der Waals surface area contributed by atoms with Crippen molar-refractivity contribution in [3.8, 4) is 11.5 Å². The number of nitrogens with zero attached hydrogens (tertiary/aromatic N) is 1. The van der Waals surface area contributed by atoms with Crippen LogP contribution in [0, 0.1) is 0 Å². The molecular weight excluding hydrogens is 310 g/mol. The van der Waals surface area contributed by atoms with Crippen molar-refractivity contribution in [1.82, 2.24) is 4.90 Å². The molecule has 0 fully saturated rings. The Bertz CT molecular complexity index is 410. The molecule has 0 heterocycles. The molecule has 0 aliphatic heterocycles. The molecule has 1 atom stereocenters. The second-order valence-corrected chi connectivity index (χ2v) is 5.53. The molecule has 1 N–H and O–H groups in total. The normalized spacial score (nSPS) is 12.6. The Balaban J connectivity index is 2.80. The maximum absolute atomic E-state index is 9.31. The number of aliphatic hydroxyl groups excluding tert-OH is 1. The number of hydrogen-bond donors (Lipinski definition) is 1. The third-order valence-electron chi connectivity index (χ3n) is 2.92. The largest absolute Gasteiger partial charge is 0.496 e. The molecule has 5 heteroatoms. The molecule has 0 spiro atoms. The van der Waals surface area contributed by atoms with Gasteiger partial charge in [-0.05, 0) is 48.5 Å². The first kappa shape index (κ1) is 16.3. The molecule has 108 valence electrons. The van der Waals surface area contributed by atoms with Crippen LogP contribution >= 0.6 is 15.9 Å². The second kappa shape index (κ2) is 7.72. The Morgan fingerprint density at radius 1 is 1.26 bits per heavy atom. The van der Waals surface area contributed by atoms with Crippen LogP contribution in [0.3, 0.4) is 0 Å². The highest BCUT2D eigenvalue weighted by molar-refractivity contribution is 9.10. The molecular formula is C14H22BrNO3. The van der Waals surface area contributed by atoms with Crippen molar-refractivity contribution in [2.24, 2.45) is 0 Å². The summed E-state index contributed by atoms with van der Waals surface area (Å²) in [5.41, 5.74) is 1.07. The summed E-state index contributed by atoms with van der Waals surface area (Å²) in [5, 5.41) is 9.31. The van der Waals surface area contributed by atoms with Crippen LogP contribution in [-0.4, -0.2) is 43.9 Å². The highest BCUT2D eigenvalue weighted by Crippen LogP contribution is 2.33. The van der Waals surface area contributed by atoms with Gasteiger partial charge in [-0.25, -0.2) is 0 Å². The monoisotopic (exact) mass is 331 g/mol. The second-order valence-electron chi connectivity index (χ2n) is 4.67. The SMILES string of the molecule is COc1cc(CN(C)CCC(C)O)c(OC)cc1Br. The van der Waals surface area contributed by atoms with Crippen LogP contribution < -0.4 is 9.47 Å². The number of ether oxygens (including phenoxy) is 2. The Hall–Kier alpha value is -0.780. The van der Waals surface area contributed by atoms with Gasteiger partial charge in [-0.2, -0.15) is 0 Å². The van der Waals surface area contributed by atoms with Crippen LogP contribution in [0.1, 0.15) is 18.9 Å². The zero-order chi connectivity index (χ0) is 14.4. The molecule has 19 heavy (non-hydrogen) atoms. The molecule has 0 aromatic heterocycles. The number of hydrogen-bond acceptors (Lipinski definition) is 4. The average molecular weight is 332 g/mol. The van der Waals surface area contributed by atoms with Gasteiger partial charge in [0.1, 0.15) is 11.5 Å². The van der Waals surface area contributed by atoms with Crippen molar-refractivity contribution in [3.05, 3.63) is 22.2 Å². The van der Waals surface area contributed by atoms with Crippen molar-refractivity contribution < 1.29 is 14.6 Å². The van der Waals surface area contributed by atoms with Gasteiger partial charge < -0.3 is 19.5 Å². The minimum absolute atomic E-state index is 0.274. The Labute approximate surface area is 123 Å². The van der Waals surface area contributed by atoms with E-state index in [0.717, 1.165) is 41.0 Å². The van der Waals surface area contributed by atoms with E-state index < -0.39 is 0 Å². The van der Waals surface area contributed by atoms with E-state index in [4.69, 9.17) is 9.47 Å². The highest BCUT2D eigenvalue weighted by Gasteiger charge is 2.12. The first-order valence-electron chi connectivity index (χ1n) is 6.25. The van der Waals surface area contributed by atoms with Gasteiger partial charge in [0.25, 0.3) is 0 Å². The van der Waals surface area contributed by atoms with E-state index in [0.29, 0.717) is 0 Å². The van der Waals surface area contributed by atoms with Gasteiger partial charge in [0.15, 0.2) is 0 Å². The van der Waals surface area contributed by atoms with Crippen LogP contribution in [0.15, 0.2) is 16.6 Å². The van der Waals surface area contributed by atoms with E-state index in [2.05, 4.69) is 20.8 Å². The number of benzene rings is 1. The lowest BCUT2D eigenvalue weighted by molar-refractivity contribution is 0.162. The van der Waals surface area contributed by atoms with E-state index in [9.17, 15) is 5.11 Å². The van der Waals surface area contributed by atoms with Crippen LogP contribution in [-0.2, 0) is 6.54 Å². The number of rotatable bonds is 7. The molecule has 0 aliphatic rings. The van der Waals surface area contributed by atoms with Crippen LogP contribution in [0.2, 0.25) is 0 Å². The van der Waals surface area contributed by atoms with Gasteiger partial charge in [0.2, 0.25) is 0 Å². The molecule has 1 aromatic carbocycles. The summed E-state index contributed by atoms with van der Waals surface area (Å²) in [4.78, 5) is 2.15. The van der Waals surface area contributed by atoms with Crippen molar-refractivity contribution in [2.45, 2.75) is 26.0 Å². The van der Waals surface area contributed by atoms with Crippen LogP contribution in [0.5, 0.6) is 11.5 Å². The van der Waals surface area contributed by atoms with Crippen LogP contribution in [0.4, 0.5) is 0 Å². The summed E-state index contributed by atoms with van der Waals surface area (Å²) in [6, 6.07) is 3.89. The van der Waals surface area contributed by atoms with Gasteiger partial charge in [-0.15, -0.1) is 0 Å². The summed E-state index contributed by atoms with van der Waals surface area (Å²) >= 11 is 3.45. The predicted octanol–water partition coefficient (Wildman–Crippen LogP) is 2.67. The van der Waals surface area contributed by atoms with Crippen molar-refractivity contribution in [3.63, 3.8) is 0 Å². The zero-order valence-corrected chi connectivity index (χ0v) is 13.5. The lowest BCUT2D eigenvalue weighted by atomic mass is 10.1. The Kier molecular flexibility index (Phi) is 6.62. The van der Waals surface area contributed by atoms with Gasteiger partial charge in [-0.1, -0.05) is 0 Å². The summed E-state index contributed by atoms with van der Waals surface area (Å²) in [6.45, 7) is 3.38. The van der Waals surface area contributed by atoms with E-state index >= 15 is 0 Å². The first-order chi connectivity index (χ1) is 8.97. The van der Waals surface area contributed by atoms with E-state index in [1.165, 1.54) is 0 Å². The molecule has 1 unspecified atom stereocenters. The average Bonchev–Trinajstić information content (AvgIpc) is 2.37. The number of halogens is 1. The molecule has 0 amide bonds. The molecule has 4 nitrogen and oxygen atoms in total. The van der Waals surface area contributed by atoms with E-state index in [-0.39, 0.29) is 6.10 Å². The van der Waals surface area contributed by atoms with Gasteiger partial charge in [-0.3, -0.25) is 0 Å². The number of aliphatic hydroxyl groups is 1. The third-order valence-corrected chi connectivity index (χ3v) is 3.54. The third kappa shape index (κ3) is 5.01. The standard InChI is InChI=1S/C14H22BrNO3/c1-10(17)5-6-16(2)9-11-7-14(19-4)12(15)8-13(11)18-3/h7-8,10,17H,5-6,9H2,1-4H3. The van der Waals surface area contributed by atoms with Crippen molar-refractivity contribution in [2.75, 3.05) is 27.8 Å². The molecule has 1 rings (SSSR count). The van der Waals surface area contributed by atoms with Crippen molar-refractivity contribution in [1.29, 1.82) is 0 Å². The summed E-state index contributed by atoms with van der Waals surface area (Å²) < 4.78 is 11.6. The summed E-state index contributed by atoms with van der Waals surface area (Å²) in [7, 11) is 5.33. The summed E-state index contributed by atoms with van der Waals surface area (Å²) in [5.74, 6) is 1.62. The molecule has 1 aromatic rings. The minimum Gasteiger partial charge on any atom is -0.496 e. The predicted molar refractivity (Wildman–Crippen MR) is 79.9 cm³/mol. The Morgan fingerprint density at radius 2 is 1.89 bits per heavy atom. The highest BCUT2D eigenvalue weighted by atomic mass is 79.9. The van der Waals surface area contributed by atoms with E-state index in [1.807, 2.05) is 19.2 Å². The van der Waals surface area contributed by atoms with E-state index in [1.54, 1.807) is 21.1 Å². The fourth-order valence-corrected chi connectivity index (χ4v) is 2.31. The summed E-state index contributed by atoms with van der Waals surface area (Å²) in [6.07, 6.45) is 0.482. The molecule has 0 bridgehead atoms. The molecule has 0 saturated carbocycles. The molecule has 0 saturated heterocycles. The lowest BCUT2D eigenvalue weighted by Gasteiger charge is -2.20. The fourth-order valence-electron chi connectivity index (χ4n) is 1.82. The smallest absolute Gasteiger partial charge is 0.133 e. The maximum Gasteiger partial charge on any atom is 0.133 e. The van der Waals surface area contributed by atoms with Gasteiger partial charge >= 0.3 is 0 Å². The zero-order valence-electron chi connectivity index (χ0n) is 11.9. The lowest BCUT2D eigenvalue weighted by Crippen LogP contribution is -2.22. The fraction of sp³-hybridized carbons (Fsp3) is 0.571. The Morgan fingerprint density at radius 3 is 2.42 bits per heavy atom. The first-order valence-corrected chi connectivity index (χ1v) is 7.04. The van der Waals surface area contributed by atoms with Gasteiger partial charge in [0.05, 0.1) is 24.8 Å². The van der Waals surface area contributed by atoms with Gasteiger partial charge in [0, 0.05) is 18.7 Å². The quantitative estimate of drug-likeness (QED) is 0.834. The van der Waals surface area contributed by atoms with Crippen LogP contribution in [0.25, 0.3) is 0 Å². The minimum atomic E-state index is -0.274. The van der Waals surface area contributed by atoms with Crippen molar-refractivity contribution >= 4 is 15.9 Å². The number of methoxy groups -OCH3 is 2. The maximum atomic E-state index is 9.31. The molecule has 0 aliphatic carbocycles. The topological polar surface area (TPSA) is 41.9 Å².